The lowest BCUT2D eigenvalue weighted by molar-refractivity contribution is 0.230. The van der Waals surface area contributed by atoms with Crippen molar-refractivity contribution in [3.63, 3.8) is 0 Å². The van der Waals surface area contributed by atoms with Gasteiger partial charge in [0.05, 0.1) is 0 Å². The van der Waals surface area contributed by atoms with Crippen molar-refractivity contribution in [2.75, 3.05) is 19.0 Å². The molecule has 0 radical (unpaired) electrons. The summed E-state index contributed by atoms with van der Waals surface area (Å²) in [7, 11) is 0. The lowest BCUT2D eigenvalue weighted by Crippen LogP contribution is -2.30. The fraction of sp³-hybridized carbons (Fsp3) is 1.00. The summed E-state index contributed by atoms with van der Waals surface area (Å²) in [5, 5.41) is 0. The number of unbranched alkanes of at least 4 members (excludes halogenated alkanes) is 2. The Hall–Kier alpha value is 0.250. The summed E-state index contributed by atoms with van der Waals surface area (Å²) in [5.41, 5.74) is 0. The second-order valence-electron chi connectivity index (χ2n) is 4.87. The largest absolute Gasteiger partial charge is 0.300 e. The summed E-state index contributed by atoms with van der Waals surface area (Å²) >= 11 is 5.66. The highest BCUT2D eigenvalue weighted by atomic mass is 35.5. The van der Waals surface area contributed by atoms with Crippen molar-refractivity contribution in [3.8, 4) is 0 Å². The number of halogens is 1. The molecule has 0 atom stereocenters. The molecule has 0 aromatic heterocycles. The lowest BCUT2D eigenvalue weighted by atomic mass is 10.2. The van der Waals surface area contributed by atoms with Crippen LogP contribution in [-0.4, -0.2) is 29.9 Å². The van der Waals surface area contributed by atoms with E-state index in [0.717, 1.165) is 17.8 Å². The number of rotatable bonds is 8. The SMILES string of the molecule is CC(C)CN(CCCCCCl)C1CC1. The Balaban J connectivity index is 2.09. The molecule has 2 heteroatoms. The summed E-state index contributed by atoms with van der Waals surface area (Å²) in [6.07, 6.45) is 6.67. The molecule has 0 bridgehead atoms. The van der Waals surface area contributed by atoms with Crippen molar-refractivity contribution in [1.82, 2.24) is 4.90 Å². The molecule has 1 fully saturated rings. The molecule has 1 nitrogen and oxygen atoms in total. The van der Waals surface area contributed by atoms with Gasteiger partial charge in [-0.3, -0.25) is 0 Å². The van der Waals surface area contributed by atoms with Crippen molar-refractivity contribution in [1.29, 1.82) is 0 Å². The van der Waals surface area contributed by atoms with Crippen molar-refractivity contribution in [2.24, 2.45) is 5.92 Å². The van der Waals surface area contributed by atoms with Crippen molar-refractivity contribution < 1.29 is 0 Å². The lowest BCUT2D eigenvalue weighted by Gasteiger charge is -2.23. The van der Waals surface area contributed by atoms with Crippen LogP contribution in [0.2, 0.25) is 0 Å². The molecule has 84 valence electrons. The van der Waals surface area contributed by atoms with Gasteiger partial charge in [-0.25, -0.2) is 0 Å². The maximum atomic E-state index is 5.66. The maximum absolute atomic E-state index is 5.66. The van der Waals surface area contributed by atoms with E-state index in [2.05, 4.69) is 18.7 Å². The van der Waals surface area contributed by atoms with Gasteiger partial charge < -0.3 is 4.90 Å². The molecule has 0 spiro atoms. The Kier molecular flexibility index (Phi) is 5.88. The Morgan fingerprint density at radius 3 is 2.43 bits per heavy atom. The van der Waals surface area contributed by atoms with E-state index in [4.69, 9.17) is 11.6 Å². The van der Waals surface area contributed by atoms with Gasteiger partial charge in [0, 0.05) is 18.5 Å². The van der Waals surface area contributed by atoms with E-state index in [1.54, 1.807) is 0 Å². The highest BCUT2D eigenvalue weighted by Gasteiger charge is 2.28. The monoisotopic (exact) mass is 217 g/mol. The standard InChI is InChI=1S/C12H24ClN/c1-11(2)10-14(12-6-7-12)9-5-3-4-8-13/h11-12H,3-10H2,1-2H3. The van der Waals surface area contributed by atoms with Crippen LogP contribution in [0.5, 0.6) is 0 Å². The molecule has 14 heavy (non-hydrogen) atoms. The molecule has 0 N–H and O–H groups in total. The van der Waals surface area contributed by atoms with E-state index < -0.39 is 0 Å². The number of nitrogens with zero attached hydrogens (tertiary/aromatic N) is 1. The van der Waals surface area contributed by atoms with Crippen LogP contribution < -0.4 is 0 Å². The topological polar surface area (TPSA) is 3.24 Å². The van der Waals surface area contributed by atoms with E-state index in [0.29, 0.717) is 0 Å². The molecule has 0 amide bonds. The van der Waals surface area contributed by atoms with Crippen LogP contribution >= 0.6 is 11.6 Å². The first-order valence-corrected chi connectivity index (χ1v) is 6.57. The Morgan fingerprint density at radius 1 is 1.21 bits per heavy atom. The number of alkyl halides is 1. The van der Waals surface area contributed by atoms with Crippen LogP contribution in [0.25, 0.3) is 0 Å². The third-order valence-electron chi connectivity index (χ3n) is 2.74. The van der Waals surface area contributed by atoms with E-state index in [1.807, 2.05) is 0 Å². The van der Waals surface area contributed by atoms with E-state index in [9.17, 15) is 0 Å². The molecule has 0 heterocycles. The van der Waals surface area contributed by atoms with Crippen LogP contribution in [-0.2, 0) is 0 Å². The molecule has 1 aliphatic rings. The average molecular weight is 218 g/mol. The molecule has 1 saturated carbocycles. The molecule has 0 aromatic carbocycles. The zero-order valence-electron chi connectivity index (χ0n) is 9.64. The summed E-state index contributed by atoms with van der Waals surface area (Å²) < 4.78 is 0. The van der Waals surface area contributed by atoms with E-state index >= 15 is 0 Å². The van der Waals surface area contributed by atoms with Gasteiger partial charge in [0.1, 0.15) is 0 Å². The normalized spacial score (nSPS) is 16.9. The second-order valence-corrected chi connectivity index (χ2v) is 5.25. The van der Waals surface area contributed by atoms with Crippen molar-refractivity contribution >= 4 is 11.6 Å². The summed E-state index contributed by atoms with van der Waals surface area (Å²) in [6.45, 7) is 7.20. The molecule has 1 rings (SSSR count). The zero-order valence-corrected chi connectivity index (χ0v) is 10.4. The van der Waals surface area contributed by atoms with Gasteiger partial charge in [-0.2, -0.15) is 0 Å². The Bertz CT molecular complexity index is 143. The number of hydrogen-bond donors (Lipinski definition) is 0. The predicted molar refractivity (Wildman–Crippen MR) is 64.0 cm³/mol. The zero-order chi connectivity index (χ0) is 10.4. The fourth-order valence-electron chi connectivity index (χ4n) is 1.92. The third kappa shape index (κ3) is 5.21. The van der Waals surface area contributed by atoms with Gasteiger partial charge in [0.15, 0.2) is 0 Å². The van der Waals surface area contributed by atoms with Crippen LogP contribution in [0.15, 0.2) is 0 Å². The minimum absolute atomic E-state index is 0.809. The average Bonchev–Trinajstić information content (AvgIpc) is 2.92. The molecular weight excluding hydrogens is 194 g/mol. The van der Waals surface area contributed by atoms with Crippen LogP contribution in [0, 0.1) is 5.92 Å². The summed E-state index contributed by atoms with van der Waals surface area (Å²) in [4.78, 5) is 2.68. The van der Waals surface area contributed by atoms with Gasteiger partial charge in [0.2, 0.25) is 0 Å². The van der Waals surface area contributed by atoms with Crippen molar-refractivity contribution in [3.05, 3.63) is 0 Å². The van der Waals surface area contributed by atoms with Gasteiger partial charge in [0.25, 0.3) is 0 Å². The smallest absolute Gasteiger partial charge is 0.0223 e. The van der Waals surface area contributed by atoms with Crippen LogP contribution in [0.1, 0.15) is 46.0 Å². The van der Waals surface area contributed by atoms with Gasteiger partial charge in [-0.05, 0) is 38.1 Å². The molecule has 1 aliphatic carbocycles. The highest BCUT2D eigenvalue weighted by molar-refractivity contribution is 6.17. The second kappa shape index (κ2) is 6.68. The van der Waals surface area contributed by atoms with Gasteiger partial charge in [-0.1, -0.05) is 20.3 Å². The molecule has 0 aliphatic heterocycles. The van der Waals surface area contributed by atoms with Gasteiger partial charge in [-0.15, -0.1) is 11.6 Å². The predicted octanol–water partition coefficient (Wildman–Crippen LogP) is 3.52. The number of hydrogen-bond acceptors (Lipinski definition) is 1. The van der Waals surface area contributed by atoms with Crippen LogP contribution in [0.4, 0.5) is 0 Å². The molecule has 0 saturated heterocycles. The summed E-state index contributed by atoms with van der Waals surface area (Å²) in [5.74, 6) is 1.64. The minimum Gasteiger partial charge on any atom is -0.300 e. The summed E-state index contributed by atoms with van der Waals surface area (Å²) in [6, 6.07) is 0.924. The maximum Gasteiger partial charge on any atom is 0.0223 e. The molecule has 0 unspecified atom stereocenters. The van der Waals surface area contributed by atoms with Crippen LogP contribution in [0.3, 0.4) is 0 Å². The third-order valence-corrected chi connectivity index (χ3v) is 3.01. The van der Waals surface area contributed by atoms with Gasteiger partial charge >= 0.3 is 0 Å². The van der Waals surface area contributed by atoms with E-state index in [1.165, 1.54) is 45.2 Å². The first kappa shape index (κ1) is 12.3. The van der Waals surface area contributed by atoms with Crippen molar-refractivity contribution in [2.45, 2.75) is 52.0 Å². The molecular formula is C12H24ClN. The van der Waals surface area contributed by atoms with E-state index in [-0.39, 0.29) is 0 Å². The Labute approximate surface area is 93.8 Å². The first-order chi connectivity index (χ1) is 6.74. The quantitative estimate of drug-likeness (QED) is 0.444. The first-order valence-electron chi connectivity index (χ1n) is 6.04. The Morgan fingerprint density at radius 2 is 1.93 bits per heavy atom. The molecule has 0 aromatic rings. The fourth-order valence-corrected chi connectivity index (χ4v) is 2.11. The minimum atomic E-state index is 0.809. The highest BCUT2D eigenvalue weighted by Crippen LogP contribution is 2.27.